The number of carbonyl (C=O) groups excluding carboxylic acids is 2. The molecule has 1 aliphatic rings. The van der Waals surface area contributed by atoms with E-state index >= 15 is 0 Å². The Balaban J connectivity index is 1.82. The second-order valence-electron chi connectivity index (χ2n) is 6.22. The van der Waals surface area contributed by atoms with Gasteiger partial charge in [-0.2, -0.15) is 0 Å². The lowest BCUT2D eigenvalue weighted by Crippen LogP contribution is -2.31. The standard InChI is InChI=1S/C22H16ClNO4S2/c1-27-14-7-10-17(28-2)16(12-14)24-21(25)19(18-4-3-11-29-18)20(22(24)26)30-15-8-5-13(23)6-9-15/h3-12H,1-2H3. The first-order valence-corrected chi connectivity index (χ1v) is 10.9. The van der Waals surface area contributed by atoms with E-state index in [0.717, 1.165) is 14.7 Å². The molecule has 4 rings (SSSR count). The third-order valence-corrected chi connectivity index (χ3v) is 6.70. The Hall–Kier alpha value is -2.74. The number of carbonyl (C=O) groups is 2. The van der Waals surface area contributed by atoms with Gasteiger partial charge in [0.15, 0.2) is 0 Å². The monoisotopic (exact) mass is 457 g/mol. The molecule has 0 saturated heterocycles. The minimum atomic E-state index is -0.407. The van der Waals surface area contributed by atoms with E-state index in [0.29, 0.717) is 32.7 Å². The van der Waals surface area contributed by atoms with E-state index in [4.69, 9.17) is 21.1 Å². The van der Waals surface area contributed by atoms with Gasteiger partial charge < -0.3 is 9.47 Å². The summed E-state index contributed by atoms with van der Waals surface area (Å²) in [5, 5.41) is 2.47. The number of halogens is 1. The van der Waals surface area contributed by atoms with Crippen LogP contribution in [0.1, 0.15) is 4.88 Å². The minimum Gasteiger partial charge on any atom is -0.497 e. The Morgan fingerprint density at radius 3 is 2.37 bits per heavy atom. The van der Waals surface area contributed by atoms with Crippen molar-refractivity contribution in [2.24, 2.45) is 0 Å². The quantitative estimate of drug-likeness (QED) is 0.458. The van der Waals surface area contributed by atoms with Crippen LogP contribution >= 0.6 is 34.7 Å². The van der Waals surface area contributed by atoms with Gasteiger partial charge in [0.2, 0.25) is 0 Å². The Kier molecular flexibility index (Phi) is 5.85. The number of methoxy groups -OCH3 is 2. The first-order chi connectivity index (χ1) is 14.5. The average molecular weight is 458 g/mol. The Morgan fingerprint density at radius 2 is 1.73 bits per heavy atom. The number of amides is 2. The number of hydrogen-bond donors (Lipinski definition) is 0. The molecule has 0 N–H and O–H groups in total. The minimum absolute atomic E-state index is 0.340. The normalized spacial score (nSPS) is 13.9. The van der Waals surface area contributed by atoms with Crippen LogP contribution in [0.25, 0.3) is 5.57 Å². The fourth-order valence-electron chi connectivity index (χ4n) is 3.05. The van der Waals surface area contributed by atoms with Crippen molar-refractivity contribution in [1.29, 1.82) is 0 Å². The molecule has 1 aromatic heterocycles. The van der Waals surface area contributed by atoms with E-state index in [1.807, 2.05) is 29.6 Å². The van der Waals surface area contributed by atoms with Crippen molar-refractivity contribution in [2.45, 2.75) is 4.90 Å². The fraction of sp³-hybridized carbons (Fsp3) is 0.0909. The average Bonchev–Trinajstić information content (AvgIpc) is 3.36. The Morgan fingerprint density at radius 1 is 0.967 bits per heavy atom. The first-order valence-electron chi connectivity index (χ1n) is 8.86. The number of imide groups is 1. The smallest absolute Gasteiger partial charge is 0.273 e. The van der Waals surface area contributed by atoms with E-state index in [1.54, 1.807) is 30.3 Å². The maximum atomic E-state index is 13.5. The molecule has 8 heteroatoms. The van der Waals surface area contributed by atoms with Crippen molar-refractivity contribution < 1.29 is 19.1 Å². The molecule has 30 heavy (non-hydrogen) atoms. The summed E-state index contributed by atoms with van der Waals surface area (Å²) in [6.07, 6.45) is 0. The van der Waals surface area contributed by atoms with Gasteiger partial charge in [0.1, 0.15) is 11.5 Å². The molecule has 2 amide bonds. The van der Waals surface area contributed by atoms with E-state index in [9.17, 15) is 9.59 Å². The maximum Gasteiger partial charge on any atom is 0.273 e. The molecule has 0 atom stereocenters. The summed E-state index contributed by atoms with van der Waals surface area (Å²) in [4.78, 5) is 30.0. The van der Waals surface area contributed by atoms with Crippen LogP contribution in [0, 0.1) is 0 Å². The molecule has 0 unspecified atom stereocenters. The van der Waals surface area contributed by atoms with Crippen molar-refractivity contribution in [3.05, 3.63) is 74.8 Å². The molecule has 0 radical (unpaired) electrons. The van der Waals surface area contributed by atoms with Crippen LogP contribution in [0.3, 0.4) is 0 Å². The zero-order valence-corrected chi connectivity index (χ0v) is 18.4. The van der Waals surface area contributed by atoms with Crippen molar-refractivity contribution in [1.82, 2.24) is 0 Å². The van der Waals surface area contributed by atoms with Crippen LogP contribution < -0.4 is 14.4 Å². The largest absolute Gasteiger partial charge is 0.497 e. The van der Waals surface area contributed by atoms with Crippen LogP contribution in [0.5, 0.6) is 11.5 Å². The molecule has 0 bridgehead atoms. The molecule has 2 aromatic carbocycles. The van der Waals surface area contributed by atoms with Gasteiger partial charge >= 0.3 is 0 Å². The van der Waals surface area contributed by atoms with Crippen molar-refractivity contribution in [3.63, 3.8) is 0 Å². The topological polar surface area (TPSA) is 55.8 Å². The molecule has 1 aliphatic heterocycles. The van der Waals surface area contributed by atoms with Gasteiger partial charge in [-0.05, 0) is 47.8 Å². The zero-order chi connectivity index (χ0) is 21.3. The molecule has 3 aromatic rings. The van der Waals surface area contributed by atoms with Crippen molar-refractivity contribution in [3.8, 4) is 11.5 Å². The van der Waals surface area contributed by atoms with Gasteiger partial charge in [-0.3, -0.25) is 9.59 Å². The molecule has 0 saturated carbocycles. The van der Waals surface area contributed by atoms with Gasteiger partial charge in [0.05, 0.1) is 30.4 Å². The van der Waals surface area contributed by atoms with E-state index in [1.165, 1.54) is 37.3 Å². The lowest BCUT2D eigenvalue weighted by Gasteiger charge is -2.19. The number of rotatable bonds is 6. The lowest BCUT2D eigenvalue weighted by molar-refractivity contribution is -0.119. The van der Waals surface area contributed by atoms with Gasteiger partial charge in [-0.1, -0.05) is 29.4 Å². The summed E-state index contributed by atoms with van der Waals surface area (Å²) < 4.78 is 10.7. The number of thioether (sulfide) groups is 1. The van der Waals surface area contributed by atoms with Crippen LogP contribution in [-0.4, -0.2) is 26.0 Å². The molecular weight excluding hydrogens is 442 g/mol. The number of hydrogen-bond acceptors (Lipinski definition) is 6. The van der Waals surface area contributed by atoms with Crippen LogP contribution in [-0.2, 0) is 9.59 Å². The molecule has 0 aliphatic carbocycles. The number of thiophene rings is 1. The predicted molar refractivity (Wildman–Crippen MR) is 121 cm³/mol. The molecular formula is C22H16ClNO4S2. The lowest BCUT2D eigenvalue weighted by atomic mass is 10.2. The van der Waals surface area contributed by atoms with E-state index < -0.39 is 11.8 Å². The van der Waals surface area contributed by atoms with Crippen molar-refractivity contribution in [2.75, 3.05) is 19.1 Å². The number of benzene rings is 2. The molecule has 152 valence electrons. The van der Waals surface area contributed by atoms with Gasteiger partial charge in [0, 0.05) is 20.9 Å². The third-order valence-electron chi connectivity index (χ3n) is 4.47. The number of nitrogens with zero attached hydrogens (tertiary/aromatic N) is 1. The molecule has 0 fully saturated rings. The highest BCUT2D eigenvalue weighted by molar-refractivity contribution is 8.04. The zero-order valence-electron chi connectivity index (χ0n) is 16.0. The number of anilines is 1. The molecule has 5 nitrogen and oxygen atoms in total. The van der Waals surface area contributed by atoms with Crippen LogP contribution in [0.2, 0.25) is 5.02 Å². The van der Waals surface area contributed by atoms with Crippen LogP contribution in [0.4, 0.5) is 5.69 Å². The van der Waals surface area contributed by atoms with Gasteiger partial charge in [-0.15, -0.1) is 11.3 Å². The first kappa shape index (κ1) is 20.5. The number of ether oxygens (including phenoxy) is 2. The van der Waals surface area contributed by atoms with E-state index in [2.05, 4.69) is 0 Å². The highest BCUT2D eigenvalue weighted by atomic mass is 35.5. The molecule has 2 heterocycles. The highest BCUT2D eigenvalue weighted by Crippen LogP contribution is 2.45. The summed E-state index contributed by atoms with van der Waals surface area (Å²) in [5.74, 6) is 0.115. The van der Waals surface area contributed by atoms with Crippen molar-refractivity contribution >= 4 is 57.8 Å². The second-order valence-corrected chi connectivity index (χ2v) is 8.69. The Bertz CT molecular complexity index is 1140. The summed E-state index contributed by atoms with van der Waals surface area (Å²) >= 11 is 8.63. The second kappa shape index (κ2) is 8.55. The fourth-order valence-corrected chi connectivity index (χ4v) is 5.00. The SMILES string of the molecule is COc1ccc(OC)c(N2C(=O)C(Sc3ccc(Cl)cc3)=C(c3cccs3)C2=O)c1. The third kappa shape index (κ3) is 3.71. The predicted octanol–water partition coefficient (Wildman–Crippen LogP) is 5.50. The van der Waals surface area contributed by atoms with Gasteiger partial charge in [-0.25, -0.2) is 4.90 Å². The van der Waals surface area contributed by atoms with Crippen LogP contribution in [0.15, 0.2) is 69.8 Å². The van der Waals surface area contributed by atoms with Gasteiger partial charge in [0.25, 0.3) is 11.8 Å². The molecule has 0 spiro atoms. The Labute approximate surface area is 186 Å². The summed E-state index contributed by atoms with van der Waals surface area (Å²) in [6, 6.07) is 15.8. The summed E-state index contributed by atoms with van der Waals surface area (Å²) in [7, 11) is 3.02. The highest BCUT2D eigenvalue weighted by Gasteiger charge is 2.42. The summed E-state index contributed by atoms with van der Waals surface area (Å²) in [6.45, 7) is 0. The van der Waals surface area contributed by atoms with E-state index in [-0.39, 0.29) is 0 Å². The summed E-state index contributed by atoms with van der Waals surface area (Å²) in [5.41, 5.74) is 0.715. The maximum absolute atomic E-state index is 13.5.